The van der Waals surface area contributed by atoms with E-state index in [1.165, 1.54) is 4.90 Å². The Morgan fingerprint density at radius 1 is 1.69 bits per heavy atom. The SMILES string of the molecule is CN(C(=O)CCO)c1cccnc1. The van der Waals surface area contributed by atoms with Crippen LogP contribution in [-0.2, 0) is 4.79 Å². The van der Waals surface area contributed by atoms with E-state index in [2.05, 4.69) is 4.98 Å². The van der Waals surface area contributed by atoms with Gasteiger partial charge in [0.05, 0.1) is 24.9 Å². The lowest BCUT2D eigenvalue weighted by Gasteiger charge is -2.15. The number of pyridine rings is 1. The molecule has 0 unspecified atom stereocenters. The number of rotatable bonds is 3. The summed E-state index contributed by atoms with van der Waals surface area (Å²) in [6, 6.07) is 3.56. The molecule has 1 aromatic rings. The highest BCUT2D eigenvalue weighted by atomic mass is 16.3. The molecule has 1 heterocycles. The maximum absolute atomic E-state index is 11.3. The van der Waals surface area contributed by atoms with Gasteiger partial charge in [-0.1, -0.05) is 0 Å². The molecule has 0 saturated carbocycles. The molecule has 0 bridgehead atoms. The van der Waals surface area contributed by atoms with E-state index < -0.39 is 0 Å². The molecule has 70 valence electrons. The summed E-state index contributed by atoms with van der Waals surface area (Å²) in [6.07, 6.45) is 3.40. The van der Waals surface area contributed by atoms with E-state index in [0.29, 0.717) is 0 Å². The Balaban J connectivity index is 2.68. The summed E-state index contributed by atoms with van der Waals surface area (Å²) in [5, 5.41) is 8.57. The number of anilines is 1. The second-order valence-electron chi connectivity index (χ2n) is 2.64. The summed E-state index contributed by atoms with van der Waals surface area (Å²) in [5.41, 5.74) is 0.737. The maximum Gasteiger partial charge on any atom is 0.229 e. The van der Waals surface area contributed by atoms with Gasteiger partial charge in [-0.05, 0) is 12.1 Å². The Morgan fingerprint density at radius 2 is 2.46 bits per heavy atom. The van der Waals surface area contributed by atoms with Crippen LogP contribution in [0.5, 0.6) is 0 Å². The van der Waals surface area contributed by atoms with Crippen molar-refractivity contribution >= 4 is 11.6 Å². The average Bonchev–Trinajstić information content (AvgIpc) is 2.18. The molecule has 4 heteroatoms. The lowest BCUT2D eigenvalue weighted by molar-refractivity contribution is -0.118. The van der Waals surface area contributed by atoms with Crippen molar-refractivity contribution in [3.63, 3.8) is 0 Å². The first-order chi connectivity index (χ1) is 6.25. The van der Waals surface area contributed by atoms with Crippen molar-refractivity contribution < 1.29 is 9.90 Å². The number of hydrogen-bond acceptors (Lipinski definition) is 3. The molecule has 1 aromatic heterocycles. The van der Waals surface area contributed by atoms with Gasteiger partial charge in [0.25, 0.3) is 0 Å². The smallest absolute Gasteiger partial charge is 0.229 e. The third kappa shape index (κ3) is 2.52. The Kier molecular flexibility index (Phi) is 3.40. The minimum atomic E-state index is -0.122. The van der Waals surface area contributed by atoms with Gasteiger partial charge >= 0.3 is 0 Å². The van der Waals surface area contributed by atoms with Gasteiger partial charge in [0.15, 0.2) is 0 Å². The van der Waals surface area contributed by atoms with Crippen molar-refractivity contribution in [2.75, 3.05) is 18.6 Å². The highest BCUT2D eigenvalue weighted by Gasteiger charge is 2.08. The summed E-state index contributed by atoms with van der Waals surface area (Å²) >= 11 is 0. The summed E-state index contributed by atoms with van der Waals surface area (Å²) < 4.78 is 0. The number of hydrogen-bond donors (Lipinski definition) is 1. The molecule has 0 atom stereocenters. The minimum Gasteiger partial charge on any atom is -0.396 e. The van der Waals surface area contributed by atoms with Crippen LogP contribution in [0.25, 0.3) is 0 Å². The lowest BCUT2D eigenvalue weighted by Crippen LogP contribution is -2.26. The topological polar surface area (TPSA) is 53.4 Å². The molecule has 1 N–H and O–H groups in total. The van der Waals surface area contributed by atoms with Crippen LogP contribution < -0.4 is 4.90 Å². The Hall–Kier alpha value is -1.42. The van der Waals surface area contributed by atoms with Crippen molar-refractivity contribution in [2.45, 2.75) is 6.42 Å². The van der Waals surface area contributed by atoms with Crippen molar-refractivity contribution in [1.29, 1.82) is 0 Å². The average molecular weight is 180 g/mol. The molecular formula is C9H12N2O2. The van der Waals surface area contributed by atoms with Gasteiger partial charge in [-0.15, -0.1) is 0 Å². The zero-order valence-electron chi connectivity index (χ0n) is 7.47. The molecule has 1 amide bonds. The monoisotopic (exact) mass is 180 g/mol. The van der Waals surface area contributed by atoms with Crippen LogP contribution in [0.15, 0.2) is 24.5 Å². The van der Waals surface area contributed by atoms with E-state index in [1.54, 1.807) is 31.6 Å². The van der Waals surface area contributed by atoms with Gasteiger partial charge in [0.1, 0.15) is 0 Å². The highest BCUT2D eigenvalue weighted by molar-refractivity contribution is 5.92. The molecule has 0 saturated heterocycles. The predicted octanol–water partition coefficient (Wildman–Crippen LogP) is 0.427. The summed E-state index contributed by atoms with van der Waals surface area (Å²) in [4.78, 5) is 16.6. The number of carbonyl (C=O) groups excluding carboxylic acids is 1. The first kappa shape index (κ1) is 9.67. The molecule has 0 aromatic carbocycles. The number of amides is 1. The van der Waals surface area contributed by atoms with Crippen molar-refractivity contribution in [3.8, 4) is 0 Å². The van der Waals surface area contributed by atoms with Crippen LogP contribution in [0.2, 0.25) is 0 Å². The zero-order chi connectivity index (χ0) is 9.68. The summed E-state index contributed by atoms with van der Waals surface area (Å²) in [5.74, 6) is -0.115. The van der Waals surface area contributed by atoms with Crippen LogP contribution in [0.1, 0.15) is 6.42 Å². The Morgan fingerprint density at radius 3 is 3.00 bits per heavy atom. The summed E-state index contributed by atoms with van der Waals surface area (Å²) in [7, 11) is 1.66. The molecule has 0 aliphatic rings. The number of carbonyl (C=O) groups is 1. The maximum atomic E-state index is 11.3. The van der Waals surface area contributed by atoms with E-state index in [0.717, 1.165) is 5.69 Å². The lowest BCUT2D eigenvalue weighted by atomic mass is 10.3. The second-order valence-corrected chi connectivity index (χ2v) is 2.64. The van der Waals surface area contributed by atoms with Crippen molar-refractivity contribution in [1.82, 2.24) is 4.98 Å². The third-order valence-corrected chi connectivity index (χ3v) is 1.73. The van der Waals surface area contributed by atoms with Gasteiger partial charge in [-0.25, -0.2) is 0 Å². The van der Waals surface area contributed by atoms with Gasteiger partial charge in [0, 0.05) is 13.2 Å². The van der Waals surface area contributed by atoms with E-state index in [4.69, 9.17) is 5.11 Å². The van der Waals surface area contributed by atoms with Gasteiger partial charge in [-0.2, -0.15) is 0 Å². The second kappa shape index (κ2) is 4.57. The van der Waals surface area contributed by atoms with Crippen LogP contribution >= 0.6 is 0 Å². The molecule has 0 aliphatic heterocycles. The van der Waals surface area contributed by atoms with Gasteiger partial charge in [0.2, 0.25) is 5.91 Å². The summed E-state index contributed by atoms with van der Waals surface area (Å²) in [6.45, 7) is -0.122. The van der Waals surface area contributed by atoms with Crippen LogP contribution in [0.3, 0.4) is 0 Å². The fourth-order valence-electron chi connectivity index (χ4n) is 0.959. The number of aliphatic hydroxyl groups excluding tert-OH is 1. The van der Waals surface area contributed by atoms with E-state index in [9.17, 15) is 4.79 Å². The first-order valence-corrected chi connectivity index (χ1v) is 4.03. The molecule has 0 radical (unpaired) electrons. The van der Waals surface area contributed by atoms with Gasteiger partial charge in [-0.3, -0.25) is 9.78 Å². The third-order valence-electron chi connectivity index (χ3n) is 1.73. The highest BCUT2D eigenvalue weighted by Crippen LogP contribution is 2.09. The molecule has 0 aliphatic carbocycles. The fraction of sp³-hybridized carbons (Fsp3) is 0.333. The number of aliphatic hydroxyl groups is 1. The Bertz CT molecular complexity index is 274. The predicted molar refractivity (Wildman–Crippen MR) is 49.3 cm³/mol. The first-order valence-electron chi connectivity index (χ1n) is 4.03. The van der Waals surface area contributed by atoms with Crippen LogP contribution in [0.4, 0.5) is 5.69 Å². The molecule has 4 nitrogen and oxygen atoms in total. The zero-order valence-corrected chi connectivity index (χ0v) is 7.47. The van der Waals surface area contributed by atoms with Crippen LogP contribution in [0, 0.1) is 0 Å². The molecule has 0 spiro atoms. The van der Waals surface area contributed by atoms with E-state index >= 15 is 0 Å². The largest absolute Gasteiger partial charge is 0.396 e. The molecule has 0 fully saturated rings. The molecular weight excluding hydrogens is 168 g/mol. The standard InChI is InChI=1S/C9H12N2O2/c1-11(9(13)4-6-12)8-3-2-5-10-7-8/h2-3,5,7,12H,4,6H2,1H3. The molecule has 1 rings (SSSR count). The van der Waals surface area contributed by atoms with E-state index in [-0.39, 0.29) is 18.9 Å². The Labute approximate surface area is 76.8 Å². The minimum absolute atomic E-state index is 0.115. The van der Waals surface area contributed by atoms with Crippen molar-refractivity contribution in [2.24, 2.45) is 0 Å². The molecule has 13 heavy (non-hydrogen) atoms. The number of aromatic nitrogens is 1. The van der Waals surface area contributed by atoms with Gasteiger partial charge < -0.3 is 10.0 Å². The normalized spacial score (nSPS) is 9.69. The van der Waals surface area contributed by atoms with Crippen molar-refractivity contribution in [3.05, 3.63) is 24.5 Å². The van der Waals surface area contributed by atoms with Crippen LogP contribution in [-0.4, -0.2) is 29.7 Å². The fourth-order valence-corrected chi connectivity index (χ4v) is 0.959. The van der Waals surface area contributed by atoms with E-state index in [1.807, 2.05) is 0 Å². The quantitative estimate of drug-likeness (QED) is 0.733. The number of nitrogens with zero attached hydrogens (tertiary/aromatic N) is 2.